The molecule has 0 aliphatic rings. The number of aromatic nitrogens is 1. The first-order chi connectivity index (χ1) is 18.6. The molecule has 0 saturated heterocycles. The van der Waals surface area contributed by atoms with Gasteiger partial charge in [-0.2, -0.15) is 0 Å². The lowest BCUT2D eigenvalue weighted by molar-refractivity contribution is -0.870. The molecule has 0 radical (unpaired) electrons. The number of fused-ring (bicyclic) bond motifs is 1. The second kappa shape index (κ2) is 19.8. The molecule has 0 spiro atoms. The van der Waals surface area contributed by atoms with E-state index in [-0.39, 0.29) is 49.5 Å². The lowest BCUT2D eigenvalue weighted by atomic mass is 10.1. The van der Waals surface area contributed by atoms with Gasteiger partial charge in [0.05, 0.1) is 53.4 Å². The predicted molar refractivity (Wildman–Crippen MR) is 162 cm³/mol. The van der Waals surface area contributed by atoms with Gasteiger partial charge < -0.3 is 44.3 Å². The van der Waals surface area contributed by atoms with Crippen molar-refractivity contribution < 1.29 is 53.9 Å². The molecule has 0 amide bonds. The largest absolute Gasteiger partial charge is 0.565 e. The number of likely N-dealkylation sites (N-methyl/N-ethyl adjacent to an activating group) is 1. The summed E-state index contributed by atoms with van der Waals surface area (Å²) in [7, 11) is 7.70. The van der Waals surface area contributed by atoms with E-state index in [0.717, 1.165) is 11.0 Å². The van der Waals surface area contributed by atoms with Gasteiger partial charge in [0.2, 0.25) is 6.16 Å². The first-order valence-corrected chi connectivity index (χ1v) is 12.1. The fraction of sp³-hybridized carbons (Fsp3) is 0.333. The molecule has 41 heavy (non-hydrogen) atoms. The third kappa shape index (κ3) is 14.8. The van der Waals surface area contributed by atoms with Crippen molar-refractivity contribution in [3.05, 3.63) is 64.3 Å². The van der Waals surface area contributed by atoms with E-state index >= 15 is 0 Å². The second-order valence-corrected chi connectivity index (χ2v) is 9.45. The van der Waals surface area contributed by atoms with Gasteiger partial charge in [0.15, 0.2) is 0 Å². The summed E-state index contributed by atoms with van der Waals surface area (Å²) in [4.78, 5) is 41.6. The van der Waals surface area contributed by atoms with E-state index in [2.05, 4.69) is 21.1 Å². The molecule has 0 unspecified atom stereocenters. The number of hydrogen-bond acceptors (Lipinski definition) is 8. The van der Waals surface area contributed by atoms with Crippen LogP contribution >= 0.6 is 35.6 Å². The van der Waals surface area contributed by atoms with Gasteiger partial charge >= 0.3 is 5.97 Å². The molecule has 3 aromatic rings. The number of aldehydes is 1. The standard InChI is InChI=1S/C19H16ClNO4.C5H14NO.C2H4O2.CH2O3.HI/c1-11-15(10-18(22)23)16-9-14(25-2)7-8-17(16)21(11)19(24)12-3-5-13(20)6-4-12;1-6(2,3)4-5-7;3-1-2-4;2-1(3)4;/h3-9H,10H2,1-2H3,(H,22,23);7H,4-5H2,1-3H3;1,4H,2H2;(H2,2,3,4);1H/q;+1;;;/p-1. The number of carboxylic acids is 1. The summed E-state index contributed by atoms with van der Waals surface area (Å²) in [6.07, 6.45) is -1.82. The number of hydrogen-bond donors (Lipinski definition) is 4. The Kier molecular flexibility index (Phi) is 19.2. The van der Waals surface area contributed by atoms with Crippen molar-refractivity contribution >= 4 is 70.8 Å². The highest BCUT2D eigenvalue weighted by Crippen LogP contribution is 2.30. The highest BCUT2D eigenvalue weighted by Gasteiger charge is 2.21. The van der Waals surface area contributed by atoms with Crippen LogP contribution in [0.15, 0.2) is 42.5 Å². The summed E-state index contributed by atoms with van der Waals surface area (Å²) < 4.78 is 7.62. The Morgan fingerprint density at radius 2 is 1.56 bits per heavy atom. The molecule has 0 saturated carbocycles. The maximum atomic E-state index is 13.0. The summed E-state index contributed by atoms with van der Waals surface area (Å²) in [5, 5.41) is 41.7. The summed E-state index contributed by atoms with van der Waals surface area (Å²) in [5.74, 6) is -0.583. The number of aliphatic carboxylic acids is 1. The van der Waals surface area contributed by atoms with Crippen LogP contribution in [-0.2, 0) is 16.0 Å². The van der Waals surface area contributed by atoms with Crippen molar-refractivity contribution in [2.24, 2.45) is 0 Å². The van der Waals surface area contributed by atoms with Crippen molar-refractivity contribution in [1.29, 1.82) is 0 Å². The molecular formula is C27H36ClIN2O10. The van der Waals surface area contributed by atoms with Crippen LogP contribution in [0.5, 0.6) is 5.75 Å². The smallest absolute Gasteiger partial charge is 0.307 e. The molecule has 1 aromatic heterocycles. The van der Waals surface area contributed by atoms with Gasteiger partial charge in [-0.1, -0.05) is 11.6 Å². The van der Waals surface area contributed by atoms with Gasteiger partial charge in [-0.15, -0.1) is 24.0 Å². The molecule has 0 aliphatic heterocycles. The lowest BCUT2D eigenvalue weighted by Crippen LogP contribution is -2.36. The van der Waals surface area contributed by atoms with E-state index in [4.69, 9.17) is 46.4 Å². The molecule has 12 nitrogen and oxygen atoms in total. The maximum Gasteiger partial charge on any atom is 0.307 e. The Bertz CT molecular complexity index is 1270. The van der Waals surface area contributed by atoms with Gasteiger partial charge in [0, 0.05) is 21.7 Å². The monoisotopic (exact) mass is 710 g/mol. The molecule has 2 aromatic carbocycles. The van der Waals surface area contributed by atoms with E-state index in [9.17, 15) is 14.7 Å². The molecule has 0 bridgehead atoms. The fourth-order valence-electron chi connectivity index (χ4n) is 3.25. The minimum Gasteiger partial charge on any atom is -0.565 e. The third-order valence-electron chi connectivity index (χ3n) is 5.01. The van der Waals surface area contributed by atoms with Gasteiger partial charge in [-0.3, -0.25) is 14.2 Å². The van der Waals surface area contributed by atoms with Crippen molar-refractivity contribution in [3.63, 3.8) is 0 Å². The highest BCUT2D eigenvalue weighted by atomic mass is 127. The quantitative estimate of drug-likeness (QED) is 0.161. The SMILES string of the molecule is COc1ccc2c(c1)c(CC(=O)O)c(C)n2C(=O)c1ccc(Cl)cc1.C[N+](C)(C)CCO.I.O=C([O-])O.O=CCO. The van der Waals surface area contributed by atoms with Crippen molar-refractivity contribution in [2.75, 3.05) is 48.0 Å². The minimum atomic E-state index is -2.08. The van der Waals surface area contributed by atoms with Crippen LogP contribution in [0.2, 0.25) is 5.02 Å². The first-order valence-electron chi connectivity index (χ1n) is 11.7. The zero-order chi connectivity index (χ0) is 31.0. The summed E-state index contributed by atoms with van der Waals surface area (Å²) in [6, 6.07) is 11.9. The molecule has 0 aliphatic carbocycles. The van der Waals surface area contributed by atoms with Gasteiger partial charge in [-0.25, -0.2) is 0 Å². The number of ether oxygens (including phenoxy) is 1. The van der Waals surface area contributed by atoms with Crippen LogP contribution in [0, 0.1) is 6.92 Å². The lowest BCUT2D eigenvalue weighted by Gasteiger charge is -2.21. The number of aliphatic hydroxyl groups excluding tert-OH is 2. The van der Waals surface area contributed by atoms with Crippen LogP contribution in [-0.4, -0.2) is 102 Å². The Morgan fingerprint density at radius 3 is 1.93 bits per heavy atom. The van der Waals surface area contributed by atoms with Crippen molar-refractivity contribution in [2.45, 2.75) is 13.3 Å². The number of carbonyl (C=O) groups is 4. The highest BCUT2D eigenvalue weighted by molar-refractivity contribution is 14.0. The molecular weight excluding hydrogens is 675 g/mol. The number of benzene rings is 2. The Hall–Kier alpha value is -3.24. The number of methoxy groups -OCH3 is 1. The molecule has 1 heterocycles. The minimum absolute atomic E-state index is 0. The van der Waals surface area contributed by atoms with E-state index in [1.54, 1.807) is 56.5 Å². The predicted octanol–water partition coefficient (Wildman–Crippen LogP) is 2.30. The van der Waals surface area contributed by atoms with E-state index in [1.165, 1.54) is 4.57 Å². The third-order valence-corrected chi connectivity index (χ3v) is 5.26. The molecule has 228 valence electrons. The number of carbonyl (C=O) groups excluding carboxylic acids is 2. The summed E-state index contributed by atoms with van der Waals surface area (Å²) in [5.41, 5.74) is 2.32. The topological polar surface area (TPSA) is 186 Å². The van der Waals surface area contributed by atoms with Crippen molar-refractivity contribution in [1.82, 2.24) is 4.57 Å². The fourth-order valence-corrected chi connectivity index (χ4v) is 3.37. The molecule has 0 fully saturated rings. The average Bonchev–Trinajstić information content (AvgIpc) is 3.13. The zero-order valence-electron chi connectivity index (χ0n) is 23.4. The molecule has 3 rings (SSSR count). The van der Waals surface area contributed by atoms with Crippen LogP contribution < -0.4 is 9.84 Å². The van der Waals surface area contributed by atoms with E-state index in [0.29, 0.717) is 44.8 Å². The zero-order valence-corrected chi connectivity index (χ0v) is 26.5. The Labute approximate surface area is 259 Å². The van der Waals surface area contributed by atoms with Crippen LogP contribution in [0.25, 0.3) is 10.9 Å². The van der Waals surface area contributed by atoms with Crippen LogP contribution in [0.1, 0.15) is 21.6 Å². The Balaban J connectivity index is 0. The first kappa shape index (κ1) is 39.9. The number of rotatable bonds is 7. The van der Waals surface area contributed by atoms with Crippen LogP contribution in [0.4, 0.5) is 4.79 Å². The molecule has 14 heteroatoms. The van der Waals surface area contributed by atoms with E-state index < -0.39 is 12.1 Å². The number of quaternary nitrogens is 1. The second-order valence-electron chi connectivity index (χ2n) is 9.02. The Morgan fingerprint density at radius 1 is 1.05 bits per heavy atom. The summed E-state index contributed by atoms with van der Waals surface area (Å²) in [6.45, 7) is 2.50. The number of halogens is 2. The molecule has 4 N–H and O–H groups in total. The van der Waals surface area contributed by atoms with Gasteiger partial charge in [-0.05, 0) is 55.0 Å². The van der Waals surface area contributed by atoms with Crippen molar-refractivity contribution in [3.8, 4) is 5.75 Å². The van der Waals surface area contributed by atoms with Gasteiger partial charge in [0.1, 0.15) is 18.6 Å². The maximum absolute atomic E-state index is 13.0. The average molecular weight is 711 g/mol. The van der Waals surface area contributed by atoms with Crippen LogP contribution in [0.3, 0.4) is 0 Å². The van der Waals surface area contributed by atoms with Gasteiger partial charge in [0.25, 0.3) is 5.91 Å². The number of aliphatic hydroxyl groups is 2. The number of carboxylic acid groups (broad SMARTS) is 3. The number of nitrogens with zero attached hydrogens (tertiary/aromatic N) is 2. The van der Waals surface area contributed by atoms with E-state index in [1.807, 2.05) is 0 Å². The normalized spacial score (nSPS) is 9.85. The molecule has 0 atom stereocenters. The summed E-state index contributed by atoms with van der Waals surface area (Å²) >= 11 is 5.89.